The number of ether oxygens (including phenoxy) is 1. The van der Waals surface area contributed by atoms with Crippen molar-refractivity contribution in [2.24, 2.45) is 0 Å². The van der Waals surface area contributed by atoms with Gasteiger partial charge in [0.25, 0.3) is 0 Å². The van der Waals surface area contributed by atoms with Crippen molar-refractivity contribution >= 4 is 27.9 Å². The monoisotopic (exact) mass is 453 g/mol. The molecule has 7 nitrogen and oxygen atoms in total. The van der Waals surface area contributed by atoms with E-state index in [1.54, 1.807) is 11.1 Å². The number of piperidine rings is 1. The molecule has 0 atom stereocenters. The molecule has 0 saturated carbocycles. The molecule has 7 heteroatoms. The van der Waals surface area contributed by atoms with Crippen LogP contribution in [-0.2, 0) is 4.74 Å². The van der Waals surface area contributed by atoms with Gasteiger partial charge in [0.05, 0.1) is 22.6 Å². The van der Waals surface area contributed by atoms with Crippen LogP contribution in [0.4, 0.5) is 4.79 Å². The Morgan fingerprint density at radius 3 is 2.68 bits per heavy atom. The van der Waals surface area contributed by atoms with Gasteiger partial charge in [-0.2, -0.15) is 10.4 Å². The molecule has 1 saturated heterocycles. The van der Waals surface area contributed by atoms with E-state index in [0.717, 1.165) is 45.8 Å². The third-order valence-electron chi connectivity index (χ3n) is 6.21. The Kier molecular flexibility index (Phi) is 5.45. The SMILES string of the molecule is CC(C)(C)OC(=O)N1CCC(n2cc3cc(-c4ccc(C#N)c5ncccc45)ccc3n2)CC1. The van der Waals surface area contributed by atoms with Crippen LogP contribution in [0.25, 0.3) is 32.9 Å². The number of aromatic nitrogens is 3. The summed E-state index contributed by atoms with van der Waals surface area (Å²) in [4.78, 5) is 18.6. The van der Waals surface area contributed by atoms with Crippen LogP contribution in [0.5, 0.6) is 0 Å². The van der Waals surface area contributed by atoms with Gasteiger partial charge < -0.3 is 9.64 Å². The lowest BCUT2D eigenvalue weighted by Gasteiger charge is -2.33. The second-order valence-corrected chi connectivity index (χ2v) is 9.75. The summed E-state index contributed by atoms with van der Waals surface area (Å²) in [5.41, 5.74) is 3.86. The number of carbonyl (C=O) groups is 1. The Bertz CT molecular complexity index is 1420. The zero-order valence-electron chi connectivity index (χ0n) is 19.7. The number of nitrogens with zero attached hydrogens (tertiary/aromatic N) is 5. The molecule has 0 aliphatic carbocycles. The van der Waals surface area contributed by atoms with Crippen molar-refractivity contribution in [1.29, 1.82) is 5.26 Å². The van der Waals surface area contributed by atoms with Crippen molar-refractivity contribution in [3.05, 3.63) is 60.4 Å². The van der Waals surface area contributed by atoms with Gasteiger partial charge in [0, 0.05) is 36.3 Å². The fourth-order valence-corrected chi connectivity index (χ4v) is 4.55. The van der Waals surface area contributed by atoms with Gasteiger partial charge in [-0.3, -0.25) is 9.67 Å². The van der Waals surface area contributed by atoms with E-state index in [4.69, 9.17) is 9.84 Å². The highest BCUT2D eigenvalue weighted by Gasteiger charge is 2.28. The number of amides is 1. The van der Waals surface area contributed by atoms with Crippen LogP contribution in [0.3, 0.4) is 0 Å². The summed E-state index contributed by atoms with van der Waals surface area (Å²) in [7, 11) is 0. The first-order valence-corrected chi connectivity index (χ1v) is 11.6. The average molecular weight is 454 g/mol. The second kappa shape index (κ2) is 8.45. The highest BCUT2D eigenvalue weighted by Crippen LogP contribution is 2.32. The topological polar surface area (TPSA) is 84.0 Å². The summed E-state index contributed by atoms with van der Waals surface area (Å²) in [5, 5.41) is 16.3. The molecule has 0 spiro atoms. The van der Waals surface area contributed by atoms with Crippen LogP contribution in [0.15, 0.2) is 54.9 Å². The Labute approximate surface area is 198 Å². The van der Waals surface area contributed by atoms with E-state index in [-0.39, 0.29) is 12.1 Å². The molecule has 4 aromatic rings. The molecule has 2 aromatic heterocycles. The fraction of sp³-hybridized carbons (Fsp3) is 0.333. The number of likely N-dealkylation sites (tertiary alicyclic amines) is 1. The molecular formula is C27H27N5O2. The highest BCUT2D eigenvalue weighted by molar-refractivity contribution is 5.99. The third kappa shape index (κ3) is 4.19. The number of rotatable bonds is 2. The molecule has 3 heterocycles. The Hall–Kier alpha value is -3.92. The molecule has 2 aromatic carbocycles. The lowest BCUT2D eigenvalue weighted by atomic mass is 9.97. The van der Waals surface area contributed by atoms with Crippen LogP contribution in [-0.4, -0.2) is 44.4 Å². The molecule has 5 rings (SSSR count). The van der Waals surface area contributed by atoms with Gasteiger partial charge in [-0.05, 0) is 69.0 Å². The zero-order valence-corrected chi connectivity index (χ0v) is 19.7. The summed E-state index contributed by atoms with van der Waals surface area (Å²) < 4.78 is 7.55. The summed E-state index contributed by atoms with van der Waals surface area (Å²) in [6, 6.07) is 16.4. The first kappa shape index (κ1) is 21.9. The van der Waals surface area contributed by atoms with Gasteiger partial charge in [0.2, 0.25) is 0 Å². The molecular weight excluding hydrogens is 426 g/mol. The minimum Gasteiger partial charge on any atom is -0.444 e. The van der Waals surface area contributed by atoms with E-state index in [0.29, 0.717) is 18.7 Å². The van der Waals surface area contributed by atoms with Gasteiger partial charge in [-0.15, -0.1) is 0 Å². The second-order valence-electron chi connectivity index (χ2n) is 9.75. The van der Waals surface area contributed by atoms with E-state index in [1.807, 2.05) is 55.8 Å². The largest absolute Gasteiger partial charge is 0.444 e. The lowest BCUT2D eigenvalue weighted by Crippen LogP contribution is -2.42. The van der Waals surface area contributed by atoms with Crippen LogP contribution in [0, 0.1) is 11.3 Å². The smallest absolute Gasteiger partial charge is 0.410 e. The van der Waals surface area contributed by atoms with E-state index < -0.39 is 5.60 Å². The first-order chi connectivity index (χ1) is 16.3. The molecule has 1 fully saturated rings. The van der Waals surface area contributed by atoms with Gasteiger partial charge in [0.1, 0.15) is 11.7 Å². The summed E-state index contributed by atoms with van der Waals surface area (Å²) >= 11 is 0. The normalized spacial score (nSPS) is 14.9. The van der Waals surface area contributed by atoms with Gasteiger partial charge in [-0.25, -0.2) is 4.79 Å². The fourth-order valence-electron chi connectivity index (χ4n) is 4.55. The number of benzene rings is 2. The number of nitriles is 1. The van der Waals surface area contributed by atoms with E-state index in [9.17, 15) is 10.1 Å². The van der Waals surface area contributed by atoms with Crippen LogP contribution in [0.2, 0.25) is 0 Å². The third-order valence-corrected chi connectivity index (χ3v) is 6.21. The lowest BCUT2D eigenvalue weighted by molar-refractivity contribution is 0.0185. The maximum absolute atomic E-state index is 12.4. The van der Waals surface area contributed by atoms with Gasteiger partial charge >= 0.3 is 6.09 Å². The van der Waals surface area contributed by atoms with Crippen LogP contribution >= 0.6 is 0 Å². The molecule has 34 heavy (non-hydrogen) atoms. The maximum Gasteiger partial charge on any atom is 0.410 e. The summed E-state index contributed by atoms with van der Waals surface area (Å²) in [5.74, 6) is 0. The highest BCUT2D eigenvalue weighted by atomic mass is 16.6. The average Bonchev–Trinajstić information content (AvgIpc) is 3.26. The number of hydrogen-bond acceptors (Lipinski definition) is 5. The number of carbonyl (C=O) groups excluding carboxylic acids is 1. The predicted molar refractivity (Wildman–Crippen MR) is 131 cm³/mol. The van der Waals surface area contributed by atoms with E-state index in [1.165, 1.54) is 0 Å². The van der Waals surface area contributed by atoms with Crippen molar-refractivity contribution in [3.8, 4) is 17.2 Å². The molecule has 172 valence electrons. The predicted octanol–water partition coefficient (Wildman–Crippen LogP) is 5.70. The minimum atomic E-state index is -0.484. The Morgan fingerprint density at radius 1 is 1.15 bits per heavy atom. The standard InChI is InChI=1S/C27H27N5O2/c1-27(2,3)34-26(33)31-13-10-21(11-14-31)32-17-20-15-18(7-9-24(20)30-32)22-8-6-19(16-28)25-23(22)5-4-12-29-25/h4-9,12,15,17,21H,10-11,13-14H2,1-3H3. The summed E-state index contributed by atoms with van der Waals surface area (Å²) in [6.45, 7) is 6.98. The molecule has 1 aliphatic rings. The number of pyridine rings is 1. The van der Waals surface area contributed by atoms with Crippen molar-refractivity contribution in [1.82, 2.24) is 19.7 Å². The number of hydrogen-bond donors (Lipinski definition) is 0. The van der Waals surface area contributed by atoms with E-state index in [2.05, 4.69) is 29.4 Å². The zero-order chi connectivity index (χ0) is 23.9. The van der Waals surface area contributed by atoms with Crippen molar-refractivity contribution < 1.29 is 9.53 Å². The molecule has 0 radical (unpaired) electrons. The number of fused-ring (bicyclic) bond motifs is 2. The Morgan fingerprint density at radius 2 is 1.94 bits per heavy atom. The molecule has 1 amide bonds. The molecule has 0 N–H and O–H groups in total. The van der Waals surface area contributed by atoms with Crippen molar-refractivity contribution in [2.45, 2.75) is 45.3 Å². The maximum atomic E-state index is 12.4. The summed E-state index contributed by atoms with van der Waals surface area (Å²) in [6.07, 6.45) is 5.24. The molecule has 0 bridgehead atoms. The molecule has 1 aliphatic heterocycles. The molecule has 0 unspecified atom stereocenters. The Balaban J connectivity index is 1.38. The van der Waals surface area contributed by atoms with Crippen LogP contribution in [0.1, 0.15) is 45.2 Å². The van der Waals surface area contributed by atoms with Crippen molar-refractivity contribution in [2.75, 3.05) is 13.1 Å². The quantitative estimate of drug-likeness (QED) is 0.389. The van der Waals surface area contributed by atoms with Gasteiger partial charge in [-0.1, -0.05) is 18.2 Å². The van der Waals surface area contributed by atoms with Crippen LogP contribution < -0.4 is 0 Å². The van der Waals surface area contributed by atoms with Gasteiger partial charge in [0.15, 0.2) is 0 Å². The minimum absolute atomic E-state index is 0.245. The van der Waals surface area contributed by atoms with Crippen molar-refractivity contribution in [3.63, 3.8) is 0 Å². The van der Waals surface area contributed by atoms with E-state index >= 15 is 0 Å². The first-order valence-electron chi connectivity index (χ1n) is 11.6.